The molecule has 2 aliphatic rings. The monoisotopic (exact) mass is 485 g/mol. The minimum absolute atomic E-state index is 0.174. The maximum atomic E-state index is 14.2. The van der Waals surface area contributed by atoms with E-state index in [4.69, 9.17) is 9.47 Å². The average Bonchev–Trinajstić information content (AvgIpc) is 3.45. The molecule has 3 aromatic carbocycles. The highest BCUT2D eigenvalue weighted by atomic mass is 32.2. The van der Waals surface area contributed by atoms with E-state index < -0.39 is 4.87 Å². The van der Waals surface area contributed by atoms with E-state index in [1.807, 2.05) is 30.3 Å². The van der Waals surface area contributed by atoms with Gasteiger partial charge in [-0.05, 0) is 60.2 Å². The fraction of sp³-hybridized carbons (Fsp3) is 0.222. The highest BCUT2D eigenvalue weighted by Gasteiger charge is 2.59. The number of carbonyl (C=O) groups excluding carboxylic acids is 2. The van der Waals surface area contributed by atoms with E-state index >= 15 is 0 Å². The number of rotatable bonds is 5. The van der Waals surface area contributed by atoms with Gasteiger partial charge in [-0.15, -0.1) is 11.8 Å². The number of hydrogen-bond acceptors (Lipinski definition) is 6. The van der Waals surface area contributed by atoms with E-state index in [0.29, 0.717) is 41.5 Å². The molecule has 0 aliphatic carbocycles. The Balaban J connectivity index is 1.58. The molecule has 1 spiro atoms. The third-order valence-corrected chi connectivity index (χ3v) is 7.80. The molecule has 35 heavy (non-hydrogen) atoms. The maximum Gasteiger partial charge on any atom is 0.268 e. The predicted molar refractivity (Wildman–Crippen MR) is 134 cm³/mol. The smallest absolute Gasteiger partial charge is 0.268 e. The number of benzene rings is 3. The Hall–Kier alpha value is -3.96. The lowest BCUT2D eigenvalue weighted by atomic mass is 10.0. The molecule has 0 N–H and O–H groups in total. The van der Waals surface area contributed by atoms with Crippen LogP contribution in [0.4, 0.5) is 5.69 Å². The number of ether oxygens (including phenoxy) is 2. The number of methoxy groups -OCH3 is 2. The Kier molecular flexibility index (Phi) is 5.87. The molecule has 7 nitrogen and oxygen atoms in total. The van der Waals surface area contributed by atoms with Crippen LogP contribution in [0.15, 0.2) is 66.7 Å². The zero-order valence-corrected chi connectivity index (χ0v) is 20.2. The Morgan fingerprint density at radius 3 is 2.51 bits per heavy atom. The molecule has 1 saturated heterocycles. The highest BCUT2D eigenvalue weighted by molar-refractivity contribution is 8.01. The van der Waals surface area contributed by atoms with Crippen molar-refractivity contribution in [2.24, 2.45) is 0 Å². The van der Waals surface area contributed by atoms with Crippen molar-refractivity contribution in [3.8, 4) is 17.6 Å². The van der Waals surface area contributed by atoms with E-state index in [1.165, 1.54) is 11.8 Å². The largest absolute Gasteiger partial charge is 0.497 e. The van der Waals surface area contributed by atoms with Gasteiger partial charge in [0.25, 0.3) is 11.8 Å². The molecule has 2 heterocycles. The molecule has 2 amide bonds. The Morgan fingerprint density at radius 1 is 1.06 bits per heavy atom. The number of anilines is 1. The minimum Gasteiger partial charge on any atom is -0.497 e. The van der Waals surface area contributed by atoms with Gasteiger partial charge in [0.15, 0.2) is 4.87 Å². The normalized spacial score (nSPS) is 18.5. The first-order chi connectivity index (χ1) is 17.0. The van der Waals surface area contributed by atoms with Crippen molar-refractivity contribution in [1.29, 1.82) is 5.26 Å². The molecule has 1 atom stereocenters. The molecule has 0 unspecified atom stereocenters. The summed E-state index contributed by atoms with van der Waals surface area (Å²) in [4.78, 5) is 30.1. The Labute approximate surface area is 207 Å². The summed E-state index contributed by atoms with van der Waals surface area (Å²) in [6.07, 6.45) is 0. The van der Waals surface area contributed by atoms with Gasteiger partial charge in [0.2, 0.25) is 0 Å². The number of carbonyl (C=O) groups is 2. The van der Waals surface area contributed by atoms with E-state index in [2.05, 4.69) is 6.07 Å². The second kappa shape index (κ2) is 9.01. The third kappa shape index (κ3) is 3.69. The summed E-state index contributed by atoms with van der Waals surface area (Å²) in [7, 11) is 3.16. The zero-order chi connectivity index (χ0) is 24.6. The molecule has 1 fully saturated rings. The molecule has 2 aliphatic heterocycles. The fourth-order valence-electron chi connectivity index (χ4n) is 4.69. The number of nitriles is 1. The van der Waals surface area contributed by atoms with E-state index in [-0.39, 0.29) is 11.8 Å². The van der Waals surface area contributed by atoms with Gasteiger partial charge in [-0.25, -0.2) is 0 Å². The second-order valence-electron chi connectivity index (χ2n) is 8.26. The summed E-state index contributed by atoms with van der Waals surface area (Å²) < 4.78 is 10.7. The first-order valence-electron chi connectivity index (χ1n) is 11.1. The van der Waals surface area contributed by atoms with Crippen molar-refractivity contribution >= 4 is 29.3 Å². The van der Waals surface area contributed by atoms with Gasteiger partial charge < -0.3 is 19.3 Å². The summed E-state index contributed by atoms with van der Waals surface area (Å²) in [5.74, 6) is 1.52. The summed E-state index contributed by atoms with van der Waals surface area (Å²) in [5, 5.41) is 9.30. The molecule has 0 saturated carbocycles. The van der Waals surface area contributed by atoms with Crippen molar-refractivity contribution in [3.63, 3.8) is 0 Å². The summed E-state index contributed by atoms with van der Waals surface area (Å²) >= 11 is 1.46. The van der Waals surface area contributed by atoms with Crippen LogP contribution in [0.25, 0.3) is 0 Å². The van der Waals surface area contributed by atoms with E-state index in [0.717, 1.165) is 16.8 Å². The lowest BCUT2D eigenvalue weighted by Crippen LogP contribution is -2.50. The SMILES string of the molecule is COc1ccc(C(=O)N2CCS[C@@]23C(=O)N(Cc2cccc(C#N)c2)c2ccc(OC)cc23)cc1. The second-order valence-corrected chi connectivity index (χ2v) is 9.55. The highest BCUT2D eigenvalue weighted by Crippen LogP contribution is 2.55. The molecule has 0 bridgehead atoms. The average molecular weight is 486 g/mol. The number of fused-ring (bicyclic) bond motifs is 2. The molecule has 0 radical (unpaired) electrons. The number of hydrogen-bond donors (Lipinski definition) is 0. The third-order valence-electron chi connectivity index (χ3n) is 6.38. The number of amides is 2. The molecular weight excluding hydrogens is 462 g/mol. The van der Waals surface area contributed by atoms with Gasteiger partial charge in [-0.3, -0.25) is 9.59 Å². The van der Waals surface area contributed by atoms with Crippen LogP contribution in [0.3, 0.4) is 0 Å². The summed E-state index contributed by atoms with van der Waals surface area (Å²) in [6, 6.07) is 21.8. The summed E-state index contributed by atoms with van der Waals surface area (Å²) in [6.45, 7) is 0.732. The van der Waals surface area contributed by atoms with Gasteiger partial charge in [0.05, 0.1) is 38.1 Å². The molecule has 8 heteroatoms. The van der Waals surface area contributed by atoms with Crippen LogP contribution in [-0.2, 0) is 16.2 Å². The maximum absolute atomic E-state index is 14.2. The lowest BCUT2D eigenvalue weighted by molar-refractivity contribution is -0.123. The van der Waals surface area contributed by atoms with Crippen molar-refractivity contribution in [2.45, 2.75) is 11.4 Å². The number of nitrogens with zero attached hydrogens (tertiary/aromatic N) is 3. The molecular formula is C27H23N3O4S. The van der Waals surface area contributed by atoms with Crippen molar-refractivity contribution < 1.29 is 19.1 Å². The molecule has 0 aromatic heterocycles. The number of thioether (sulfide) groups is 1. The topological polar surface area (TPSA) is 82.9 Å². The van der Waals surface area contributed by atoms with Gasteiger partial charge in [-0.2, -0.15) is 5.26 Å². The lowest BCUT2D eigenvalue weighted by Gasteiger charge is -2.33. The van der Waals surface area contributed by atoms with Crippen LogP contribution < -0.4 is 14.4 Å². The minimum atomic E-state index is -1.19. The van der Waals surface area contributed by atoms with Crippen molar-refractivity contribution in [2.75, 3.05) is 31.4 Å². The standard InChI is InChI=1S/C27H23N3O4S/c1-33-21-8-6-20(7-9-21)25(31)30-12-13-35-27(30)23-15-22(34-2)10-11-24(23)29(26(27)32)17-19-5-3-4-18(14-19)16-28/h3-11,14-15H,12-13,17H2,1-2H3/t27-/m0/s1. The van der Waals surface area contributed by atoms with E-state index in [1.54, 1.807) is 60.4 Å². The van der Waals surface area contributed by atoms with Gasteiger partial charge in [0.1, 0.15) is 11.5 Å². The first kappa shape index (κ1) is 22.8. The fourth-order valence-corrected chi connectivity index (χ4v) is 6.14. The molecule has 176 valence electrons. The molecule has 5 rings (SSSR count). The Bertz CT molecular complexity index is 1350. The van der Waals surface area contributed by atoms with Gasteiger partial charge >= 0.3 is 0 Å². The zero-order valence-electron chi connectivity index (χ0n) is 19.4. The van der Waals surface area contributed by atoms with Crippen LogP contribution in [0.5, 0.6) is 11.5 Å². The summed E-state index contributed by atoms with van der Waals surface area (Å²) in [5.41, 5.74) is 3.34. The first-order valence-corrected chi connectivity index (χ1v) is 12.1. The van der Waals surface area contributed by atoms with Gasteiger partial charge in [0, 0.05) is 23.4 Å². The van der Waals surface area contributed by atoms with Crippen LogP contribution in [-0.4, -0.2) is 43.2 Å². The van der Waals surface area contributed by atoms with Crippen LogP contribution in [0.2, 0.25) is 0 Å². The molecule has 3 aromatic rings. The van der Waals surface area contributed by atoms with Crippen LogP contribution >= 0.6 is 11.8 Å². The van der Waals surface area contributed by atoms with Gasteiger partial charge in [-0.1, -0.05) is 12.1 Å². The van der Waals surface area contributed by atoms with Crippen molar-refractivity contribution in [3.05, 3.63) is 89.0 Å². The quantitative estimate of drug-likeness (QED) is 0.540. The van der Waals surface area contributed by atoms with Crippen molar-refractivity contribution in [1.82, 2.24) is 4.90 Å². The van der Waals surface area contributed by atoms with Crippen LogP contribution in [0.1, 0.15) is 27.0 Å². The van der Waals surface area contributed by atoms with Crippen LogP contribution in [0, 0.1) is 11.3 Å². The predicted octanol–water partition coefficient (Wildman–Crippen LogP) is 4.16. The van der Waals surface area contributed by atoms with E-state index in [9.17, 15) is 14.9 Å². The Morgan fingerprint density at radius 2 is 1.80 bits per heavy atom.